The lowest BCUT2D eigenvalue weighted by molar-refractivity contribution is 0.232. The van der Waals surface area contributed by atoms with Crippen molar-refractivity contribution in [1.29, 1.82) is 0 Å². The predicted molar refractivity (Wildman–Crippen MR) is 154 cm³/mol. The summed E-state index contributed by atoms with van der Waals surface area (Å²) in [6.07, 6.45) is 2.59. The lowest BCUT2D eigenvalue weighted by atomic mass is 10.0. The zero-order valence-corrected chi connectivity index (χ0v) is 23.2. The van der Waals surface area contributed by atoms with Crippen LogP contribution in [0.3, 0.4) is 0 Å². The maximum Gasteiger partial charge on any atom is 0.177 e. The molecule has 0 atom stereocenters. The van der Waals surface area contributed by atoms with Crippen molar-refractivity contribution in [2.75, 3.05) is 33.4 Å². The summed E-state index contributed by atoms with van der Waals surface area (Å²) in [5, 5.41) is 3.34. The molecule has 1 saturated heterocycles. The number of benzene rings is 3. The Kier molecular flexibility index (Phi) is 8.56. The first kappa shape index (κ1) is 25.9. The van der Waals surface area contributed by atoms with Crippen LogP contribution in [0.4, 0.5) is 0 Å². The average molecular weight is 536 g/mol. The summed E-state index contributed by atoms with van der Waals surface area (Å²) in [5.74, 6) is 2.78. The number of hydrogen-bond acceptors (Lipinski definition) is 7. The molecule has 3 aromatic carbocycles. The van der Waals surface area contributed by atoms with Crippen molar-refractivity contribution in [1.82, 2.24) is 4.90 Å². The van der Waals surface area contributed by atoms with Gasteiger partial charge < -0.3 is 23.3 Å². The fraction of sp³-hybridized carbons (Fsp3) is 0.333. The third-order valence-electron chi connectivity index (χ3n) is 6.28. The van der Waals surface area contributed by atoms with Gasteiger partial charge in [0.2, 0.25) is 0 Å². The lowest BCUT2D eigenvalue weighted by Crippen LogP contribution is -2.23. The molecule has 0 amide bonds. The summed E-state index contributed by atoms with van der Waals surface area (Å²) >= 11 is 3.14. The first-order valence-electron chi connectivity index (χ1n) is 12.7. The zero-order chi connectivity index (χ0) is 25.6. The number of likely N-dealkylation sites (tertiary alicyclic amines) is 1. The van der Waals surface area contributed by atoms with E-state index in [4.69, 9.17) is 18.4 Å². The van der Waals surface area contributed by atoms with Crippen LogP contribution in [0.1, 0.15) is 26.7 Å². The molecule has 0 bridgehead atoms. The van der Waals surface area contributed by atoms with Crippen LogP contribution in [0.25, 0.3) is 21.2 Å². The van der Waals surface area contributed by atoms with Crippen LogP contribution in [0.15, 0.2) is 70.9 Å². The molecule has 5 rings (SSSR count). The van der Waals surface area contributed by atoms with E-state index in [1.54, 1.807) is 18.4 Å². The molecule has 7 heteroatoms. The molecule has 2 heterocycles. The molecule has 0 aliphatic carbocycles. The molecule has 4 aromatic rings. The Morgan fingerprint density at radius 3 is 2.51 bits per heavy atom. The van der Waals surface area contributed by atoms with Gasteiger partial charge in [0.1, 0.15) is 11.5 Å². The highest BCUT2D eigenvalue weighted by molar-refractivity contribution is 7.94. The molecule has 37 heavy (non-hydrogen) atoms. The highest BCUT2D eigenvalue weighted by Crippen LogP contribution is 2.45. The SMILES string of the molecule is COc1cc(OC(C)C)c(Oc2ccc(SOCCN3CCCC3)cc2)c(-c2ccc3ccsc3c2)c1. The summed E-state index contributed by atoms with van der Waals surface area (Å²) in [7, 11) is 1.67. The van der Waals surface area contributed by atoms with Gasteiger partial charge in [-0.2, -0.15) is 0 Å². The standard InChI is InChI=1S/C30H33NO4S2/c1-21(2)34-28-20-25(32-3)19-27(23-7-6-22-12-17-36-29(22)18-23)30(28)35-24-8-10-26(11-9-24)37-33-16-15-31-13-4-5-14-31/h6-12,17-21H,4-5,13-16H2,1-3H3. The Balaban J connectivity index is 1.37. The van der Waals surface area contributed by atoms with Crippen LogP contribution in [-0.2, 0) is 4.18 Å². The molecule has 0 radical (unpaired) electrons. The number of methoxy groups -OCH3 is 1. The van der Waals surface area contributed by atoms with E-state index in [0.717, 1.165) is 40.7 Å². The summed E-state index contributed by atoms with van der Waals surface area (Å²) in [5.41, 5.74) is 1.98. The van der Waals surface area contributed by atoms with E-state index in [-0.39, 0.29) is 6.10 Å². The largest absolute Gasteiger partial charge is 0.497 e. The average Bonchev–Trinajstić information content (AvgIpc) is 3.60. The second-order valence-corrected chi connectivity index (χ2v) is 11.2. The topological polar surface area (TPSA) is 40.2 Å². The molecule has 0 saturated carbocycles. The number of nitrogens with zero attached hydrogens (tertiary/aromatic N) is 1. The highest BCUT2D eigenvalue weighted by atomic mass is 32.2. The van der Waals surface area contributed by atoms with Crippen molar-refractivity contribution in [2.45, 2.75) is 37.7 Å². The molecule has 1 aromatic heterocycles. The van der Waals surface area contributed by atoms with Crippen LogP contribution < -0.4 is 14.2 Å². The van der Waals surface area contributed by atoms with Gasteiger partial charge in [0, 0.05) is 39.8 Å². The zero-order valence-electron chi connectivity index (χ0n) is 21.6. The first-order valence-corrected chi connectivity index (χ1v) is 14.4. The lowest BCUT2D eigenvalue weighted by Gasteiger charge is -2.20. The van der Waals surface area contributed by atoms with Gasteiger partial charge in [0.25, 0.3) is 0 Å². The minimum atomic E-state index is -0.0152. The van der Waals surface area contributed by atoms with E-state index in [0.29, 0.717) is 11.5 Å². The molecule has 5 nitrogen and oxygen atoms in total. The molecular weight excluding hydrogens is 502 g/mol. The maximum atomic E-state index is 6.50. The molecule has 1 aliphatic rings. The van der Waals surface area contributed by atoms with E-state index in [1.807, 2.05) is 50.2 Å². The molecule has 0 unspecified atom stereocenters. The summed E-state index contributed by atoms with van der Waals surface area (Å²) in [6.45, 7) is 8.12. The third-order valence-corrected chi connectivity index (χ3v) is 7.91. The van der Waals surface area contributed by atoms with Gasteiger partial charge in [-0.05, 0) is 98.6 Å². The van der Waals surface area contributed by atoms with E-state index in [9.17, 15) is 0 Å². The van der Waals surface area contributed by atoms with Crippen LogP contribution in [0.5, 0.6) is 23.0 Å². The summed E-state index contributed by atoms with van der Waals surface area (Å²) < 4.78 is 25.4. The minimum Gasteiger partial charge on any atom is -0.497 e. The van der Waals surface area contributed by atoms with Gasteiger partial charge in [0.05, 0.1) is 19.8 Å². The van der Waals surface area contributed by atoms with Gasteiger partial charge in [-0.3, -0.25) is 0 Å². The first-order chi connectivity index (χ1) is 18.1. The van der Waals surface area contributed by atoms with Crippen LogP contribution in [-0.4, -0.2) is 44.4 Å². The van der Waals surface area contributed by atoms with Gasteiger partial charge in [-0.15, -0.1) is 11.3 Å². The number of thiophene rings is 1. The van der Waals surface area contributed by atoms with Crippen molar-refractivity contribution in [3.8, 4) is 34.1 Å². The van der Waals surface area contributed by atoms with Gasteiger partial charge in [-0.1, -0.05) is 12.1 Å². The van der Waals surface area contributed by atoms with Crippen molar-refractivity contribution < 1.29 is 18.4 Å². The van der Waals surface area contributed by atoms with Gasteiger partial charge >= 0.3 is 0 Å². The minimum absolute atomic E-state index is 0.0152. The number of hydrogen-bond donors (Lipinski definition) is 0. The highest BCUT2D eigenvalue weighted by Gasteiger charge is 2.19. The Hall–Kier alpha value is -2.71. The Bertz CT molecular complexity index is 1310. The van der Waals surface area contributed by atoms with Crippen LogP contribution in [0, 0.1) is 0 Å². The van der Waals surface area contributed by atoms with E-state index in [2.05, 4.69) is 34.5 Å². The molecular formula is C30H33NO4S2. The second kappa shape index (κ2) is 12.2. The van der Waals surface area contributed by atoms with Crippen molar-refractivity contribution in [3.63, 3.8) is 0 Å². The number of fused-ring (bicyclic) bond motifs is 1. The fourth-order valence-corrected chi connectivity index (χ4v) is 5.81. The number of ether oxygens (including phenoxy) is 3. The van der Waals surface area contributed by atoms with Crippen molar-refractivity contribution in [3.05, 3.63) is 66.0 Å². The maximum absolute atomic E-state index is 6.50. The molecule has 1 aliphatic heterocycles. The monoisotopic (exact) mass is 535 g/mol. The Morgan fingerprint density at radius 2 is 1.76 bits per heavy atom. The van der Waals surface area contributed by atoms with Crippen LogP contribution >= 0.6 is 23.4 Å². The summed E-state index contributed by atoms with van der Waals surface area (Å²) in [6, 6.07) is 20.5. The Labute approximate surface area is 227 Å². The fourth-order valence-electron chi connectivity index (χ4n) is 4.44. The molecule has 1 fully saturated rings. The van der Waals surface area contributed by atoms with E-state index in [1.165, 1.54) is 48.1 Å². The molecule has 0 N–H and O–H groups in total. The molecule has 0 spiro atoms. The van der Waals surface area contributed by atoms with E-state index < -0.39 is 0 Å². The number of rotatable bonds is 11. The van der Waals surface area contributed by atoms with E-state index >= 15 is 0 Å². The summed E-state index contributed by atoms with van der Waals surface area (Å²) in [4.78, 5) is 3.50. The Morgan fingerprint density at radius 1 is 0.946 bits per heavy atom. The smallest absolute Gasteiger partial charge is 0.177 e. The second-order valence-electron chi connectivity index (χ2n) is 9.37. The quantitative estimate of drug-likeness (QED) is 0.142. The van der Waals surface area contributed by atoms with Crippen molar-refractivity contribution >= 4 is 33.5 Å². The predicted octanol–water partition coefficient (Wildman–Crippen LogP) is 8.28. The molecule has 194 valence electrons. The van der Waals surface area contributed by atoms with Gasteiger partial charge in [0.15, 0.2) is 11.5 Å². The van der Waals surface area contributed by atoms with Crippen LogP contribution in [0.2, 0.25) is 0 Å². The van der Waals surface area contributed by atoms with Gasteiger partial charge in [-0.25, -0.2) is 0 Å². The van der Waals surface area contributed by atoms with Crippen molar-refractivity contribution in [2.24, 2.45) is 0 Å². The normalized spacial score (nSPS) is 13.9. The third kappa shape index (κ3) is 6.60.